The van der Waals surface area contributed by atoms with E-state index in [1.807, 2.05) is 20.9 Å². The van der Waals surface area contributed by atoms with Crippen LogP contribution in [0.1, 0.15) is 32.2 Å². The molecule has 2 N–H and O–H groups in total. The van der Waals surface area contributed by atoms with Gasteiger partial charge in [-0.2, -0.15) is 5.10 Å². The van der Waals surface area contributed by atoms with Crippen LogP contribution in [0, 0.1) is 0 Å². The van der Waals surface area contributed by atoms with Crippen molar-refractivity contribution in [2.45, 2.75) is 38.5 Å². The van der Waals surface area contributed by atoms with Crippen LogP contribution in [0.15, 0.2) is 4.47 Å². The molecule has 0 spiro atoms. The van der Waals surface area contributed by atoms with Crippen LogP contribution in [0.4, 0.5) is 0 Å². The molecule has 0 amide bonds. The van der Waals surface area contributed by atoms with Crippen LogP contribution in [-0.4, -0.2) is 25.3 Å². The second kappa shape index (κ2) is 5.63. The first kappa shape index (κ1) is 14.9. The van der Waals surface area contributed by atoms with Gasteiger partial charge >= 0.3 is 0 Å². The van der Waals surface area contributed by atoms with Gasteiger partial charge in [-0.3, -0.25) is 8.89 Å². The molecule has 0 saturated carbocycles. The Morgan fingerprint density at radius 2 is 2.12 bits per heavy atom. The van der Waals surface area contributed by atoms with Gasteiger partial charge in [-0.05, 0) is 36.2 Å². The average Bonchev–Trinajstić information content (AvgIpc) is 2.42. The second-order valence-electron chi connectivity index (χ2n) is 4.90. The Morgan fingerprint density at radius 3 is 2.53 bits per heavy atom. The van der Waals surface area contributed by atoms with Crippen molar-refractivity contribution in [2.75, 3.05) is 5.75 Å². The molecule has 1 aromatic heterocycles. The van der Waals surface area contributed by atoms with E-state index in [-0.39, 0.29) is 0 Å². The molecule has 98 valence electrons. The predicted octanol–water partition coefficient (Wildman–Crippen LogP) is 1.73. The average molecular weight is 322 g/mol. The van der Waals surface area contributed by atoms with Crippen molar-refractivity contribution in [3.63, 3.8) is 0 Å². The minimum Gasteiger partial charge on any atom is -0.325 e. The number of hydrogen-bond donors (Lipinski definition) is 1. The van der Waals surface area contributed by atoms with Crippen LogP contribution in [-0.2, 0) is 30.0 Å². The van der Waals surface area contributed by atoms with E-state index in [1.54, 1.807) is 4.68 Å². The van der Waals surface area contributed by atoms with Gasteiger partial charge < -0.3 is 5.73 Å². The highest BCUT2D eigenvalue weighted by Gasteiger charge is 2.19. The summed E-state index contributed by atoms with van der Waals surface area (Å²) < 4.78 is 14.8. The maximum absolute atomic E-state index is 12.0. The minimum atomic E-state index is -0.966. The van der Waals surface area contributed by atoms with Gasteiger partial charge in [0.15, 0.2) is 0 Å². The fourth-order valence-electron chi connectivity index (χ4n) is 1.60. The zero-order chi connectivity index (χ0) is 13.2. The SMILES string of the molecule is CCc1nn(C)c(CS(=O)CC(C)(C)N)c1Br. The summed E-state index contributed by atoms with van der Waals surface area (Å²) in [6, 6.07) is 0. The topological polar surface area (TPSA) is 60.9 Å². The summed E-state index contributed by atoms with van der Waals surface area (Å²) in [5.74, 6) is 0.983. The maximum atomic E-state index is 12.0. The molecule has 0 aliphatic rings. The number of halogens is 1. The third-order valence-corrected chi connectivity index (χ3v) is 4.91. The van der Waals surface area contributed by atoms with E-state index < -0.39 is 16.3 Å². The molecular weight excluding hydrogens is 302 g/mol. The van der Waals surface area contributed by atoms with Crippen LogP contribution < -0.4 is 5.73 Å². The smallest absolute Gasteiger partial charge is 0.0767 e. The van der Waals surface area contributed by atoms with Crippen LogP contribution in [0.5, 0.6) is 0 Å². The molecule has 1 rings (SSSR count). The van der Waals surface area contributed by atoms with E-state index in [9.17, 15) is 4.21 Å². The van der Waals surface area contributed by atoms with Crippen LogP contribution in [0.25, 0.3) is 0 Å². The number of aryl methyl sites for hydroxylation is 2. The van der Waals surface area contributed by atoms with Crippen LogP contribution in [0.2, 0.25) is 0 Å². The van der Waals surface area contributed by atoms with Gasteiger partial charge in [-0.25, -0.2) is 0 Å². The number of nitrogens with two attached hydrogens (primary N) is 1. The number of aromatic nitrogens is 2. The molecule has 1 heterocycles. The Hall–Kier alpha value is -0.200. The lowest BCUT2D eigenvalue weighted by Gasteiger charge is -2.17. The number of rotatable bonds is 5. The molecule has 4 nitrogen and oxygen atoms in total. The van der Waals surface area contributed by atoms with Crippen LogP contribution in [0.3, 0.4) is 0 Å². The monoisotopic (exact) mass is 321 g/mol. The normalized spacial score (nSPS) is 14.0. The van der Waals surface area contributed by atoms with Crippen molar-refractivity contribution < 1.29 is 4.21 Å². The molecule has 1 unspecified atom stereocenters. The summed E-state index contributed by atoms with van der Waals surface area (Å²) in [5, 5.41) is 4.38. The lowest BCUT2D eigenvalue weighted by Crippen LogP contribution is -2.38. The molecule has 0 saturated heterocycles. The molecule has 1 aromatic rings. The summed E-state index contributed by atoms with van der Waals surface area (Å²) >= 11 is 3.52. The highest BCUT2D eigenvalue weighted by molar-refractivity contribution is 9.10. The molecule has 0 bridgehead atoms. The number of nitrogens with zero attached hydrogens (tertiary/aromatic N) is 2. The van der Waals surface area contributed by atoms with E-state index in [0.717, 1.165) is 22.3 Å². The van der Waals surface area contributed by atoms with Gasteiger partial charge in [0, 0.05) is 29.1 Å². The fraction of sp³-hybridized carbons (Fsp3) is 0.727. The molecule has 0 radical (unpaired) electrons. The lowest BCUT2D eigenvalue weighted by atomic mass is 10.1. The molecule has 1 atom stereocenters. The van der Waals surface area contributed by atoms with Gasteiger partial charge in [0.25, 0.3) is 0 Å². The van der Waals surface area contributed by atoms with Crippen molar-refractivity contribution in [3.8, 4) is 0 Å². The van der Waals surface area contributed by atoms with E-state index in [4.69, 9.17) is 5.73 Å². The zero-order valence-corrected chi connectivity index (χ0v) is 13.2. The van der Waals surface area contributed by atoms with Gasteiger partial charge in [-0.15, -0.1) is 0 Å². The second-order valence-corrected chi connectivity index (χ2v) is 7.15. The molecular formula is C11H20BrN3OS. The molecule has 0 aliphatic heterocycles. The molecule has 0 aliphatic carbocycles. The molecule has 17 heavy (non-hydrogen) atoms. The third kappa shape index (κ3) is 4.19. The predicted molar refractivity (Wildman–Crippen MR) is 75.3 cm³/mol. The first-order chi connectivity index (χ1) is 7.74. The zero-order valence-electron chi connectivity index (χ0n) is 10.8. The Labute approximate surface area is 114 Å². The van der Waals surface area contributed by atoms with Gasteiger partial charge in [-0.1, -0.05) is 6.92 Å². The van der Waals surface area contributed by atoms with Crippen LogP contribution >= 0.6 is 15.9 Å². The Kier molecular flexibility index (Phi) is 4.92. The summed E-state index contributed by atoms with van der Waals surface area (Å²) in [6.07, 6.45) is 0.865. The van der Waals surface area contributed by atoms with Gasteiger partial charge in [0.2, 0.25) is 0 Å². The van der Waals surface area contributed by atoms with E-state index in [2.05, 4.69) is 28.0 Å². The Morgan fingerprint density at radius 1 is 1.53 bits per heavy atom. The van der Waals surface area contributed by atoms with E-state index >= 15 is 0 Å². The van der Waals surface area contributed by atoms with Gasteiger partial charge in [0.1, 0.15) is 0 Å². The first-order valence-corrected chi connectivity index (χ1v) is 7.86. The first-order valence-electron chi connectivity index (χ1n) is 5.58. The summed E-state index contributed by atoms with van der Waals surface area (Å²) in [4.78, 5) is 0. The fourth-order valence-corrected chi connectivity index (χ4v) is 4.11. The highest BCUT2D eigenvalue weighted by Crippen LogP contribution is 2.23. The summed E-state index contributed by atoms with van der Waals surface area (Å²) in [7, 11) is 0.914. The lowest BCUT2D eigenvalue weighted by molar-refractivity contribution is 0.576. The van der Waals surface area contributed by atoms with Crippen molar-refractivity contribution in [2.24, 2.45) is 12.8 Å². The van der Waals surface area contributed by atoms with Crippen molar-refractivity contribution in [1.82, 2.24) is 9.78 Å². The summed E-state index contributed by atoms with van der Waals surface area (Å²) in [5.41, 5.74) is 7.45. The van der Waals surface area contributed by atoms with Crippen molar-refractivity contribution in [3.05, 3.63) is 15.9 Å². The van der Waals surface area contributed by atoms with E-state index in [0.29, 0.717) is 11.5 Å². The standard InChI is InChI=1S/C11H20BrN3OS/c1-5-8-10(12)9(15(4)14-8)6-17(16)7-11(2,3)13/h5-7,13H2,1-4H3. The number of hydrogen-bond acceptors (Lipinski definition) is 3. The summed E-state index contributed by atoms with van der Waals surface area (Å²) in [6.45, 7) is 5.83. The minimum absolute atomic E-state index is 0.399. The Bertz CT molecular complexity index is 423. The highest BCUT2D eigenvalue weighted by atomic mass is 79.9. The maximum Gasteiger partial charge on any atom is 0.0767 e. The van der Waals surface area contributed by atoms with E-state index in [1.165, 1.54) is 0 Å². The molecule has 0 aromatic carbocycles. The van der Waals surface area contributed by atoms with Crippen molar-refractivity contribution in [1.29, 1.82) is 0 Å². The molecule has 6 heteroatoms. The molecule has 0 fully saturated rings. The van der Waals surface area contributed by atoms with Gasteiger partial charge in [0.05, 0.1) is 21.6 Å². The Balaban J connectivity index is 2.82. The quantitative estimate of drug-likeness (QED) is 0.898. The van der Waals surface area contributed by atoms with Crippen molar-refractivity contribution >= 4 is 26.7 Å². The largest absolute Gasteiger partial charge is 0.325 e. The third-order valence-electron chi connectivity index (χ3n) is 2.33.